The monoisotopic (exact) mass is 329 g/mol. The topological polar surface area (TPSA) is 46.3 Å². The summed E-state index contributed by atoms with van der Waals surface area (Å²) in [7, 11) is 0. The van der Waals surface area contributed by atoms with Crippen molar-refractivity contribution in [1.29, 1.82) is 0 Å². The molecule has 1 N–H and O–H groups in total. The van der Waals surface area contributed by atoms with Gasteiger partial charge in [0.15, 0.2) is 5.58 Å². The van der Waals surface area contributed by atoms with E-state index in [0.29, 0.717) is 11.1 Å². The molecule has 0 atom stereocenters. The van der Waals surface area contributed by atoms with E-state index in [0.717, 1.165) is 29.0 Å². The maximum Gasteiger partial charge on any atom is 0.416 e. The Bertz CT molecular complexity index is 1010. The van der Waals surface area contributed by atoms with Gasteiger partial charge in [-0.15, -0.1) is 0 Å². The second-order valence-corrected chi connectivity index (χ2v) is 5.42. The van der Waals surface area contributed by atoms with E-state index >= 15 is 0 Å². The summed E-state index contributed by atoms with van der Waals surface area (Å²) in [5.41, 5.74) is -0.00572. The van der Waals surface area contributed by atoms with Gasteiger partial charge >= 0.3 is 6.18 Å². The van der Waals surface area contributed by atoms with Crippen LogP contribution in [0.25, 0.3) is 33.3 Å². The molecule has 0 spiro atoms. The average molecular weight is 329 g/mol. The quantitative estimate of drug-likeness (QED) is 0.510. The number of alkyl halides is 3. The van der Waals surface area contributed by atoms with Gasteiger partial charge in [-0.2, -0.15) is 13.2 Å². The first kappa shape index (κ1) is 14.6. The van der Waals surface area contributed by atoms with Crippen LogP contribution in [0, 0.1) is 0 Å². The maximum absolute atomic E-state index is 12.9. The lowest BCUT2D eigenvalue weighted by atomic mass is 10.1. The summed E-state index contributed by atoms with van der Waals surface area (Å²) in [6.07, 6.45) is -4.51. The Morgan fingerprint density at radius 3 is 2.33 bits per heavy atom. The molecule has 1 heterocycles. The zero-order valence-electron chi connectivity index (χ0n) is 12.1. The average Bonchev–Trinajstić information content (AvgIpc) is 2.94. The number of phenolic OH excluding ortho intramolecular Hbond substituents is 1. The molecule has 0 aliphatic heterocycles. The molecule has 0 unspecified atom stereocenters. The van der Waals surface area contributed by atoms with E-state index in [1.807, 2.05) is 24.3 Å². The number of rotatable bonds is 1. The van der Waals surface area contributed by atoms with Crippen molar-refractivity contribution < 1.29 is 22.7 Å². The number of oxazole rings is 1. The minimum absolute atomic E-state index is 0.0519. The molecule has 0 bridgehead atoms. The first-order valence-electron chi connectivity index (χ1n) is 7.12. The van der Waals surface area contributed by atoms with Crippen LogP contribution in [0.3, 0.4) is 0 Å². The Labute approximate surface area is 134 Å². The third kappa shape index (κ3) is 2.36. The van der Waals surface area contributed by atoms with Gasteiger partial charge in [-0.25, -0.2) is 4.98 Å². The predicted molar refractivity (Wildman–Crippen MR) is 83.6 cm³/mol. The van der Waals surface area contributed by atoms with Crippen LogP contribution in [0.4, 0.5) is 13.2 Å². The number of aromatic hydroxyl groups is 1. The third-order valence-electron chi connectivity index (χ3n) is 3.81. The summed E-state index contributed by atoms with van der Waals surface area (Å²) in [5.74, 6) is -0.372. The van der Waals surface area contributed by atoms with Crippen molar-refractivity contribution in [3.8, 4) is 17.2 Å². The molecule has 3 nitrogen and oxygen atoms in total. The SMILES string of the molecule is Oc1ccc(C(F)(F)F)cc1-c1nc2cc3ccccc3cc2o1. The van der Waals surface area contributed by atoms with E-state index in [9.17, 15) is 18.3 Å². The first-order chi connectivity index (χ1) is 11.4. The molecule has 4 aromatic rings. The Hall–Kier alpha value is -3.02. The maximum atomic E-state index is 12.9. The molecule has 0 amide bonds. The Kier molecular flexibility index (Phi) is 3.03. The van der Waals surface area contributed by atoms with Crippen molar-refractivity contribution in [1.82, 2.24) is 4.98 Å². The highest BCUT2D eigenvalue weighted by Crippen LogP contribution is 2.37. The van der Waals surface area contributed by atoms with Gasteiger partial charge < -0.3 is 9.52 Å². The lowest BCUT2D eigenvalue weighted by molar-refractivity contribution is -0.137. The fourth-order valence-corrected chi connectivity index (χ4v) is 2.61. The lowest BCUT2D eigenvalue weighted by Gasteiger charge is -2.08. The van der Waals surface area contributed by atoms with Crippen LogP contribution in [0.1, 0.15) is 5.56 Å². The Balaban J connectivity index is 1.92. The van der Waals surface area contributed by atoms with Crippen molar-refractivity contribution in [2.75, 3.05) is 0 Å². The summed E-state index contributed by atoms with van der Waals surface area (Å²) in [6, 6.07) is 13.8. The minimum Gasteiger partial charge on any atom is -0.507 e. The molecule has 4 rings (SSSR count). The van der Waals surface area contributed by atoms with Crippen LogP contribution < -0.4 is 0 Å². The number of benzene rings is 3. The van der Waals surface area contributed by atoms with Crippen molar-refractivity contribution in [2.24, 2.45) is 0 Å². The van der Waals surface area contributed by atoms with Crippen molar-refractivity contribution in [2.45, 2.75) is 6.18 Å². The van der Waals surface area contributed by atoms with Gasteiger partial charge in [0.05, 0.1) is 11.1 Å². The zero-order chi connectivity index (χ0) is 16.9. The molecule has 0 fully saturated rings. The first-order valence-corrected chi connectivity index (χ1v) is 7.12. The van der Waals surface area contributed by atoms with Crippen molar-refractivity contribution in [3.05, 3.63) is 60.2 Å². The number of nitrogens with zero attached hydrogens (tertiary/aromatic N) is 1. The van der Waals surface area contributed by atoms with Gasteiger partial charge in [0.2, 0.25) is 5.89 Å². The molecule has 0 saturated heterocycles. The number of hydrogen-bond acceptors (Lipinski definition) is 3. The smallest absolute Gasteiger partial charge is 0.416 e. The van der Waals surface area contributed by atoms with Gasteiger partial charge in [0.1, 0.15) is 11.3 Å². The van der Waals surface area contributed by atoms with Crippen LogP contribution >= 0.6 is 0 Å². The van der Waals surface area contributed by atoms with Gasteiger partial charge in [0.25, 0.3) is 0 Å². The fourth-order valence-electron chi connectivity index (χ4n) is 2.61. The molecule has 120 valence electrons. The van der Waals surface area contributed by atoms with Crippen LogP contribution in [0.5, 0.6) is 5.75 Å². The molecule has 0 radical (unpaired) electrons. The predicted octanol–water partition coefficient (Wildman–Crippen LogP) is 5.37. The Morgan fingerprint density at radius 2 is 1.62 bits per heavy atom. The second kappa shape index (κ2) is 4.99. The normalized spacial score (nSPS) is 12.1. The van der Waals surface area contributed by atoms with Crippen molar-refractivity contribution >= 4 is 21.9 Å². The summed E-state index contributed by atoms with van der Waals surface area (Å²) < 4.78 is 44.2. The summed E-state index contributed by atoms with van der Waals surface area (Å²) in [6.45, 7) is 0. The molecule has 24 heavy (non-hydrogen) atoms. The molecule has 3 aromatic carbocycles. The lowest BCUT2D eigenvalue weighted by Crippen LogP contribution is -2.04. The van der Waals surface area contributed by atoms with E-state index in [1.54, 1.807) is 12.1 Å². The van der Waals surface area contributed by atoms with Crippen LogP contribution in [-0.4, -0.2) is 10.1 Å². The Morgan fingerprint density at radius 1 is 0.917 bits per heavy atom. The van der Waals surface area contributed by atoms with Gasteiger partial charge in [0, 0.05) is 0 Å². The molecule has 1 aromatic heterocycles. The van der Waals surface area contributed by atoms with E-state index < -0.39 is 11.7 Å². The molecule has 0 aliphatic rings. The van der Waals surface area contributed by atoms with Gasteiger partial charge in [-0.1, -0.05) is 24.3 Å². The van der Waals surface area contributed by atoms with Crippen LogP contribution in [0.2, 0.25) is 0 Å². The molecular formula is C18H10F3NO2. The molecule has 0 aliphatic carbocycles. The minimum atomic E-state index is -4.51. The zero-order valence-corrected chi connectivity index (χ0v) is 12.1. The van der Waals surface area contributed by atoms with E-state index in [4.69, 9.17) is 4.42 Å². The number of phenols is 1. The van der Waals surface area contributed by atoms with E-state index in [-0.39, 0.29) is 17.2 Å². The van der Waals surface area contributed by atoms with E-state index in [1.165, 1.54) is 0 Å². The largest absolute Gasteiger partial charge is 0.507 e. The highest BCUT2D eigenvalue weighted by Gasteiger charge is 2.31. The molecular weight excluding hydrogens is 319 g/mol. The molecule has 6 heteroatoms. The summed E-state index contributed by atoms with van der Waals surface area (Å²) >= 11 is 0. The van der Waals surface area contributed by atoms with Gasteiger partial charge in [-0.3, -0.25) is 0 Å². The standard InChI is InChI=1S/C18H10F3NO2/c19-18(20,21)12-5-6-15(23)13(9-12)17-22-14-7-10-3-1-2-4-11(10)8-16(14)24-17/h1-9,23H. The van der Waals surface area contributed by atoms with Crippen molar-refractivity contribution in [3.63, 3.8) is 0 Å². The van der Waals surface area contributed by atoms with Gasteiger partial charge in [-0.05, 0) is 41.1 Å². The molecule has 0 saturated carbocycles. The number of hydrogen-bond donors (Lipinski definition) is 1. The fraction of sp³-hybridized carbons (Fsp3) is 0.0556. The number of halogens is 3. The van der Waals surface area contributed by atoms with Crippen LogP contribution in [0.15, 0.2) is 59.0 Å². The highest BCUT2D eigenvalue weighted by atomic mass is 19.4. The third-order valence-corrected chi connectivity index (χ3v) is 3.81. The highest BCUT2D eigenvalue weighted by molar-refractivity contribution is 5.95. The summed E-state index contributed by atoms with van der Waals surface area (Å²) in [5, 5.41) is 11.8. The second-order valence-electron chi connectivity index (χ2n) is 5.42. The number of fused-ring (bicyclic) bond motifs is 2. The van der Waals surface area contributed by atoms with E-state index in [2.05, 4.69) is 4.98 Å². The number of aromatic nitrogens is 1. The summed E-state index contributed by atoms with van der Waals surface area (Å²) in [4.78, 5) is 4.22. The van der Waals surface area contributed by atoms with Crippen LogP contribution in [-0.2, 0) is 6.18 Å².